The standard InChI is InChI=1S/C37H39NO4/c1-23(2)41-29-19-14-26(15-20-29)34-30-22-27(25-12-17-28(18-13-25)37(5,6)7)16-21-31(30)38(35(34)36(39)40)32-10-8-9-11-33(32)42-24(3)4/h8-24H,1-7H3,(H,39,40). The first kappa shape index (κ1) is 29.0. The van der Waals surface area contributed by atoms with E-state index in [4.69, 9.17) is 9.47 Å². The molecule has 0 saturated carbocycles. The van der Waals surface area contributed by atoms with E-state index in [1.54, 1.807) is 0 Å². The monoisotopic (exact) mass is 561 g/mol. The Morgan fingerprint density at radius 3 is 1.93 bits per heavy atom. The second-order valence-electron chi connectivity index (χ2n) is 12.2. The molecule has 1 N–H and O–H groups in total. The van der Waals surface area contributed by atoms with Crippen LogP contribution in [0.3, 0.4) is 0 Å². The zero-order chi connectivity index (χ0) is 30.2. The lowest BCUT2D eigenvalue weighted by molar-refractivity contribution is 0.0689. The van der Waals surface area contributed by atoms with Gasteiger partial charge in [0, 0.05) is 10.9 Å². The van der Waals surface area contributed by atoms with Gasteiger partial charge >= 0.3 is 5.97 Å². The number of para-hydroxylation sites is 2. The first-order chi connectivity index (χ1) is 19.9. The average molecular weight is 562 g/mol. The van der Waals surface area contributed by atoms with Gasteiger partial charge in [-0.3, -0.25) is 4.57 Å². The summed E-state index contributed by atoms with van der Waals surface area (Å²) in [4.78, 5) is 13.1. The fourth-order valence-corrected chi connectivity index (χ4v) is 5.35. The Bertz CT molecular complexity index is 1720. The van der Waals surface area contributed by atoms with E-state index in [1.807, 2.05) is 86.9 Å². The second-order valence-corrected chi connectivity index (χ2v) is 12.2. The molecule has 0 unspecified atom stereocenters. The summed E-state index contributed by atoms with van der Waals surface area (Å²) in [6.45, 7) is 14.5. The highest BCUT2D eigenvalue weighted by Gasteiger charge is 2.27. The third kappa shape index (κ3) is 5.78. The number of carboxylic acid groups (broad SMARTS) is 1. The number of aromatic nitrogens is 1. The van der Waals surface area contributed by atoms with Crippen molar-refractivity contribution in [2.45, 2.75) is 66.1 Å². The molecule has 0 saturated heterocycles. The zero-order valence-electron chi connectivity index (χ0n) is 25.4. The van der Waals surface area contributed by atoms with Crippen molar-refractivity contribution in [2.75, 3.05) is 0 Å². The molecule has 0 aliphatic heterocycles. The maximum atomic E-state index is 13.1. The topological polar surface area (TPSA) is 60.7 Å². The van der Waals surface area contributed by atoms with Crippen LogP contribution in [0.2, 0.25) is 0 Å². The van der Waals surface area contributed by atoms with Gasteiger partial charge < -0.3 is 14.6 Å². The quantitative estimate of drug-likeness (QED) is 0.205. The lowest BCUT2D eigenvalue weighted by Crippen LogP contribution is -2.12. The van der Waals surface area contributed by atoms with E-state index in [-0.39, 0.29) is 23.3 Å². The van der Waals surface area contributed by atoms with Crippen LogP contribution < -0.4 is 9.47 Å². The van der Waals surface area contributed by atoms with E-state index in [9.17, 15) is 9.90 Å². The minimum Gasteiger partial charge on any atom is -0.491 e. The van der Waals surface area contributed by atoms with Gasteiger partial charge in [0.15, 0.2) is 0 Å². The molecule has 0 atom stereocenters. The molecule has 0 spiro atoms. The Morgan fingerprint density at radius 1 is 0.738 bits per heavy atom. The molecular formula is C37H39NO4. The minimum atomic E-state index is -1.01. The van der Waals surface area contributed by atoms with Gasteiger partial charge in [-0.15, -0.1) is 0 Å². The van der Waals surface area contributed by atoms with Crippen LogP contribution in [0.1, 0.15) is 64.5 Å². The van der Waals surface area contributed by atoms with Crippen molar-refractivity contribution in [1.29, 1.82) is 0 Å². The summed E-state index contributed by atoms with van der Waals surface area (Å²) < 4.78 is 13.8. The molecule has 5 nitrogen and oxygen atoms in total. The largest absolute Gasteiger partial charge is 0.491 e. The molecule has 0 aliphatic carbocycles. The molecule has 0 fully saturated rings. The number of carbonyl (C=O) groups is 1. The molecule has 42 heavy (non-hydrogen) atoms. The highest BCUT2D eigenvalue weighted by molar-refractivity contribution is 6.10. The van der Waals surface area contributed by atoms with Gasteiger partial charge in [-0.1, -0.05) is 75.4 Å². The van der Waals surface area contributed by atoms with Gasteiger partial charge in [-0.05, 0) is 91.8 Å². The van der Waals surface area contributed by atoms with Gasteiger partial charge in [-0.2, -0.15) is 0 Å². The van der Waals surface area contributed by atoms with E-state index < -0.39 is 5.97 Å². The molecule has 5 rings (SSSR count). The van der Waals surface area contributed by atoms with Crippen molar-refractivity contribution >= 4 is 16.9 Å². The van der Waals surface area contributed by atoms with Crippen molar-refractivity contribution in [3.63, 3.8) is 0 Å². The first-order valence-electron chi connectivity index (χ1n) is 14.5. The van der Waals surface area contributed by atoms with Crippen LogP contribution in [0.25, 0.3) is 38.8 Å². The van der Waals surface area contributed by atoms with Crippen molar-refractivity contribution in [2.24, 2.45) is 0 Å². The van der Waals surface area contributed by atoms with Crippen LogP contribution >= 0.6 is 0 Å². The van der Waals surface area contributed by atoms with Gasteiger partial charge in [0.2, 0.25) is 0 Å². The zero-order valence-corrected chi connectivity index (χ0v) is 25.4. The van der Waals surface area contributed by atoms with Gasteiger partial charge in [0.05, 0.1) is 23.4 Å². The fraction of sp³-hybridized carbons (Fsp3) is 0.270. The van der Waals surface area contributed by atoms with Crippen molar-refractivity contribution < 1.29 is 19.4 Å². The smallest absolute Gasteiger partial charge is 0.353 e. The maximum Gasteiger partial charge on any atom is 0.353 e. The summed E-state index contributed by atoms with van der Waals surface area (Å²) in [5.74, 6) is 0.352. The number of rotatable bonds is 8. The van der Waals surface area contributed by atoms with E-state index in [0.717, 1.165) is 33.3 Å². The molecule has 0 amide bonds. The van der Waals surface area contributed by atoms with Crippen LogP contribution in [0.4, 0.5) is 0 Å². The molecule has 5 aromatic rings. The Kier molecular flexibility index (Phi) is 7.87. The van der Waals surface area contributed by atoms with Crippen LogP contribution in [0.15, 0.2) is 91.0 Å². The fourth-order valence-electron chi connectivity index (χ4n) is 5.35. The normalized spacial score (nSPS) is 11.8. The van der Waals surface area contributed by atoms with Crippen LogP contribution in [0, 0.1) is 0 Å². The van der Waals surface area contributed by atoms with Gasteiger partial charge in [0.25, 0.3) is 0 Å². The summed E-state index contributed by atoms with van der Waals surface area (Å²) in [5, 5.41) is 11.6. The number of hydrogen-bond donors (Lipinski definition) is 1. The SMILES string of the molecule is CC(C)Oc1ccc(-c2c(C(=O)O)n(-c3ccccc3OC(C)C)c3ccc(-c4ccc(C(C)(C)C)cc4)cc23)cc1. The Balaban J connectivity index is 1.79. The van der Waals surface area contributed by atoms with Gasteiger partial charge in [-0.25, -0.2) is 4.79 Å². The molecule has 216 valence electrons. The predicted molar refractivity (Wildman–Crippen MR) is 171 cm³/mol. The Hall–Kier alpha value is -4.51. The molecule has 5 heteroatoms. The Morgan fingerprint density at radius 2 is 1.33 bits per heavy atom. The van der Waals surface area contributed by atoms with Gasteiger partial charge in [0.1, 0.15) is 17.2 Å². The summed E-state index contributed by atoms with van der Waals surface area (Å²) in [6.07, 6.45) is -0.0334. The molecule has 4 aromatic carbocycles. The van der Waals surface area contributed by atoms with Crippen LogP contribution in [0.5, 0.6) is 11.5 Å². The molecule has 1 heterocycles. The molecule has 0 bridgehead atoms. The summed E-state index contributed by atoms with van der Waals surface area (Å²) in [7, 11) is 0. The highest BCUT2D eigenvalue weighted by atomic mass is 16.5. The number of carboxylic acids is 1. The van der Waals surface area contributed by atoms with E-state index in [1.165, 1.54) is 5.56 Å². The summed E-state index contributed by atoms with van der Waals surface area (Å²) in [5.41, 5.74) is 6.52. The minimum absolute atomic E-state index is 0.0389. The van der Waals surface area contributed by atoms with Crippen LogP contribution in [-0.4, -0.2) is 27.9 Å². The number of benzene rings is 4. The van der Waals surface area contributed by atoms with E-state index >= 15 is 0 Å². The number of hydrogen-bond acceptors (Lipinski definition) is 3. The van der Waals surface area contributed by atoms with Crippen molar-refractivity contribution in [3.05, 3.63) is 102 Å². The molecular weight excluding hydrogens is 522 g/mol. The molecule has 0 aliphatic rings. The van der Waals surface area contributed by atoms with E-state index in [0.29, 0.717) is 17.0 Å². The molecule has 1 aromatic heterocycles. The second kappa shape index (κ2) is 11.4. The maximum absolute atomic E-state index is 13.1. The number of fused-ring (bicyclic) bond motifs is 1. The van der Waals surface area contributed by atoms with Crippen LogP contribution in [-0.2, 0) is 5.41 Å². The third-order valence-electron chi connectivity index (χ3n) is 7.24. The number of nitrogens with zero attached hydrogens (tertiary/aromatic N) is 1. The van der Waals surface area contributed by atoms with Crippen molar-refractivity contribution in [3.8, 4) is 39.4 Å². The predicted octanol–water partition coefficient (Wildman–Crippen LogP) is 9.53. The summed E-state index contributed by atoms with van der Waals surface area (Å²) >= 11 is 0. The molecule has 0 radical (unpaired) electrons. The van der Waals surface area contributed by atoms with Crippen molar-refractivity contribution in [1.82, 2.24) is 4.57 Å². The lowest BCUT2D eigenvalue weighted by Gasteiger charge is -2.19. The first-order valence-corrected chi connectivity index (χ1v) is 14.5. The average Bonchev–Trinajstić information content (AvgIpc) is 3.27. The summed E-state index contributed by atoms with van der Waals surface area (Å²) in [6, 6.07) is 30.1. The number of aromatic carboxylic acids is 1. The Labute approximate surface area is 248 Å². The third-order valence-corrected chi connectivity index (χ3v) is 7.24. The van der Waals surface area contributed by atoms with E-state index in [2.05, 4.69) is 57.2 Å². The lowest BCUT2D eigenvalue weighted by atomic mass is 9.86. The number of ether oxygens (including phenoxy) is 2. The highest BCUT2D eigenvalue weighted by Crippen LogP contribution is 2.41.